The molecular weight excluding hydrogens is 420 g/mol. The molecule has 2 N–H and O–H groups in total. The van der Waals surface area contributed by atoms with E-state index in [2.05, 4.69) is 10.6 Å². The molecule has 33 heavy (non-hydrogen) atoms. The molecule has 7 heteroatoms. The van der Waals surface area contributed by atoms with Crippen molar-refractivity contribution in [1.29, 1.82) is 0 Å². The average Bonchev–Trinajstić information content (AvgIpc) is 3.30. The van der Waals surface area contributed by atoms with E-state index in [0.29, 0.717) is 28.5 Å². The number of nitrogens with one attached hydrogen (secondary N) is 2. The van der Waals surface area contributed by atoms with Gasteiger partial charge >= 0.3 is 0 Å². The van der Waals surface area contributed by atoms with Gasteiger partial charge in [0.25, 0.3) is 5.91 Å². The summed E-state index contributed by atoms with van der Waals surface area (Å²) in [6.45, 7) is 2.15. The number of carbonyl (C=O) groups excluding carboxylic acids is 2. The van der Waals surface area contributed by atoms with Crippen LogP contribution in [0, 0.1) is 6.92 Å². The first-order valence-electron chi connectivity index (χ1n) is 10.4. The lowest BCUT2D eigenvalue weighted by Gasteiger charge is -2.18. The van der Waals surface area contributed by atoms with Crippen LogP contribution in [-0.4, -0.2) is 25.7 Å². The van der Waals surface area contributed by atoms with Crippen LogP contribution in [0.5, 0.6) is 17.2 Å². The van der Waals surface area contributed by atoms with Gasteiger partial charge in [-0.2, -0.15) is 0 Å². The maximum atomic E-state index is 13.1. The predicted octanol–water partition coefficient (Wildman–Crippen LogP) is 4.24. The molecule has 3 aromatic rings. The number of rotatable bonds is 7. The van der Waals surface area contributed by atoms with Gasteiger partial charge in [-0.15, -0.1) is 0 Å². The zero-order valence-electron chi connectivity index (χ0n) is 18.3. The summed E-state index contributed by atoms with van der Waals surface area (Å²) < 4.78 is 15.8. The monoisotopic (exact) mass is 444 g/mol. The van der Waals surface area contributed by atoms with Crippen LogP contribution in [0.25, 0.3) is 6.08 Å². The number of carbonyl (C=O) groups is 2. The molecule has 0 bridgehead atoms. The lowest BCUT2D eigenvalue weighted by Crippen LogP contribution is -2.36. The number of benzene rings is 3. The molecular formula is C26H24N2O5. The lowest BCUT2D eigenvalue weighted by molar-refractivity contribution is -0.123. The Bertz CT molecular complexity index is 1170. The van der Waals surface area contributed by atoms with Gasteiger partial charge in [0.15, 0.2) is 11.5 Å². The quantitative estimate of drug-likeness (QED) is 0.533. The van der Waals surface area contributed by atoms with Crippen molar-refractivity contribution < 1.29 is 23.8 Å². The SMILES string of the molecule is COc1ccc(NC(=O)C(NC(=O)/C=C\c2ccc3c(c2)OCO3)c2ccc(C)cc2)cc1. The third-order valence-corrected chi connectivity index (χ3v) is 5.14. The number of amides is 2. The van der Waals surface area contributed by atoms with Crippen molar-refractivity contribution in [3.05, 3.63) is 89.5 Å². The van der Waals surface area contributed by atoms with Crippen molar-refractivity contribution in [3.8, 4) is 17.2 Å². The molecule has 1 aliphatic rings. The second-order valence-electron chi connectivity index (χ2n) is 7.52. The first kappa shape index (κ1) is 22.0. The molecule has 0 spiro atoms. The first-order valence-corrected chi connectivity index (χ1v) is 10.4. The maximum Gasteiger partial charge on any atom is 0.251 e. The molecule has 3 aromatic carbocycles. The molecule has 4 rings (SSSR count). The molecule has 0 fully saturated rings. The summed E-state index contributed by atoms with van der Waals surface area (Å²) in [5, 5.41) is 5.65. The van der Waals surface area contributed by atoms with Gasteiger partial charge in [-0.3, -0.25) is 9.59 Å². The van der Waals surface area contributed by atoms with Gasteiger partial charge in [-0.1, -0.05) is 35.9 Å². The van der Waals surface area contributed by atoms with Gasteiger partial charge in [0.05, 0.1) is 7.11 Å². The third kappa shape index (κ3) is 5.51. The molecule has 0 aromatic heterocycles. The highest BCUT2D eigenvalue weighted by atomic mass is 16.7. The first-order chi connectivity index (χ1) is 16.0. The number of hydrogen-bond acceptors (Lipinski definition) is 5. The smallest absolute Gasteiger partial charge is 0.251 e. The van der Waals surface area contributed by atoms with Crippen LogP contribution >= 0.6 is 0 Å². The van der Waals surface area contributed by atoms with E-state index in [9.17, 15) is 9.59 Å². The maximum absolute atomic E-state index is 13.1. The summed E-state index contributed by atoms with van der Waals surface area (Å²) in [6, 6.07) is 19.0. The Balaban J connectivity index is 1.49. The second kappa shape index (κ2) is 9.91. The van der Waals surface area contributed by atoms with Crippen LogP contribution in [0.3, 0.4) is 0 Å². The molecule has 0 aliphatic carbocycles. The molecule has 1 atom stereocenters. The van der Waals surface area contributed by atoms with Gasteiger partial charge in [-0.05, 0) is 60.5 Å². The van der Waals surface area contributed by atoms with Gasteiger partial charge in [0, 0.05) is 11.8 Å². The molecule has 1 heterocycles. The van der Waals surface area contributed by atoms with Crippen molar-refractivity contribution in [2.45, 2.75) is 13.0 Å². The third-order valence-electron chi connectivity index (χ3n) is 5.14. The Labute approximate surface area is 192 Å². The Kier molecular flexibility index (Phi) is 6.59. The normalized spacial score (nSPS) is 12.9. The number of anilines is 1. The minimum absolute atomic E-state index is 0.185. The van der Waals surface area contributed by atoms with E-state index in [1.54, 1.807) is 49.6 Å². The predicted molar refractivity (Wildman–Crippen MR) is 125 cm³/mol. The fourth-order valence-electron chi connectivity index (χ4n) is 3.33. The summed E-state index contributed by atoms with van der Waals surface area (Å²) in [4.78, 5) is 25.8. The summed E-state index contributed by atoms with van der Waals surface area (Å²) in [5.41, 5.74) is 3.12. The molecule has 0 saturated heterocycles. The summed E-state index contributed by atoms with van der Waals surface area (Å²) in [7, 11) is 1.58. The number of hydrogen-bond donors (Lipinski definition) is 2. The van der Waals surface area contributed by atoms with Crippen LogP contribution in [0.1, 0.15) is 22.7 Å². The van der Waals surface area contributed by atoms with E-state index in [0.717, 1.165) is 11.1 Å². The number of fused-ring (bicyclic) bond motifs is 1. The van der Waals surface area contributed by atoms with E-state index in [-0.39, 0.29) is 12.7 Å². The largest absolute Gasteiger partial charge is 0.497 e. The summed E-state index contributed by atoms with van der Waals surface area (Å²) >= 11 is 0. The zero-order valence-corrected chi connectivity index (χ0v) is 18.3. The van der Waals surface area contributed by atoms with Crippen molar-refractivity contribution in [3.63, 3.8) is 0 Å². The van der Waals surface area contributed by atoms with Gasteiger partial charge in [0.2, 0.25) is 12.7 Å². The van der Waals surface area contributed by atoms with E-state index < -0.39 is 11.9 Å². The van der Waals surface area contributed by atoms with Crippen molar-refractivity contribution in [1.82, 2.24) is 5.32 Å². The van der Waals surface area contributed by atoms with Crippen LogP contribution in [0.4, 0.5) is 5.69 Å². The van der Waals surface area contributed by atoms with Crippen molar-refractivity contribution in [2.24, 2.45) is 0 Å². The van der Waals surface area contributed by atoms with Crippen LogP contribution in [0.15, 0.2) is 72.8 Å². The van der Waals surface area contributed by atoms with E-state index in [4.69, 9.17) is 14.2 Å². The van der Waals surface area contributed by atoms with Crippen LogP contribution in [0.2, 0.25) is 0 Å². The summed E-state index contributed by atoms with van der Waals surface area (Å²) in [6.07, 6.45) is 3.05. The number of ether oxygens (including phenoxy) is 3. The van der Waals surface area contributed by atoms with Crippen LogP contribution < -0.4 is 24.8 Å². The Morgan fingerprint density at radius 1 is 0.970 bits per heavy atom. The molecule has 0 saturated carbocycles. The number of aryl methyl sites for hydroxylation is 1. The van der Waals surface area contributed by atoms with Crippen molar-refractivity contribution in [2.75, 3.05) is 19.2 Å². The molecule has 7 nitrogen and oxygen atoms in total. The van der Waals surface area contributed by atoms with Gasteiger partial charge in [0.1, 0.15) is 11.8 Å². The molecule has 1 aliphatic heterocycles. The highest BCUT2D eigenvalue weighted by Crippen LogP contribution is 2.32. The van der Waals surface area contributed by atoms with Crippen molar-refractivity contribution >= 4 is 23.6 Å². The van der Waals surface area contributed by atoms with E-state index in [1.165, 1.54) is 6.08 Å². The molecule has 1 unspecified atom stereocenters. The zero-order chi connectivity index (χ0) is 23.2. The fourth-order valence-corrected chi connectivity index (χ4v) is 3.33. The molecule has 0 radical (unpaired) electrons. The standard InChI is InChI=1S/C26H24N2O5/c1-17-3-7-19(8-4-17)25(26(30)27-20-9-11-21(31-2)12-10-20)28-24(29)14-6-18-5-13-22-23(15-18)33-16-32-22/h3-15,25H,16H2,1-2H3,(H,27,30)(H,28,29)/b14-6-. The van der Waals surface area contributed by atoms with Gasteiger partial charge < -0.3 is 24.8 Å². The average molecular weight is 444 g/mol. The second-order valence-corrected chi connectivity index (χ2v) is 7.52. The number of methoxy groups -OCH3 is 1. The van der Waals surface area contributed by atoms with Gasteiger partial charge in [-0.25, -0.2) is 0 Å². The fraction of sp³-hybridized carbons (Fsp3) is 0.154. The van der Waals surface area contributed by atoms with E-state index >= 15 is 0 Å². The molecule has 168 valence electrons. The minimum Gasteiger partial charge on any atom is -0.497 e. The van der Waals surface area contributed by atoms with E-state index in [1.807, 2.05) is 37.3 Å². The Morgan fingerprint density at radius 3 is 2.42 bits per heavy atom. The lowest BCUT2D eigenvalue weighted by atomic mass is 10.0. The Hall–Kier alpha value is -4.26. The highest BCUT2D eigenvalue weighted by Gasteiger charge is 2.22. The molecule has 2 amide bonds. The van der Waals surface area contributed by atoms with Crippen LogP contribution in [-0.2, 0) is 9.59 Å². The summed E-state index contributed by atoms with van der Waals surface area (Å²) in [5.74, 6) is 1.24. The topological polar surface area (TPSA) is 85.9 Å². The highest BCUT2D eigenvalue weighted by molar-refractivity contribution is 6.00. The minimum atomic E-state index is -0.874. The Morgan fingerprint density at radius 2 is 1.70 bits per heavy atom.